The third-order valence-corrected chi connectivity index (χ3v) is 3.42. The fourth-order valence-corrected chi connectivity index (χ4v) is 2.52. The molecule has 0 spiro atoms. The van der Waals surface area contributed by atoms with E-state index in [4.69, 9.17) is 15.9 Å². The second-order valence-corrected chi connectivity index (χ2v) is 5.99. The van der Waals surface area contributed by atoms with Crippen molar-refractivity contribution in [3.8, 4) is 6.07 Å². The average Bonchev–Trinajstić information content (AvgIpc) is 2.15. The fraction of sp³-hybridized carbons (Fsp3) is 0.300. The summed E-state index contributed by atoms with van der Waals surface area (Å²) >= 11 is 0. The SMILES string of the molecule is CC(C)c1cc(C#N)ccc1S(=O)(=O)Cl. The predicted molar refractivity (Wildman–Crippen MR) is 58.3 cm³/mol. The fourth-order valence-electron chi connectivity index (χ4n) is 1.29. The van der Waals surface area contributed by atoms with Gasteiger partial charge in [0.25, 0.3) is 9.05 Å². The molecule has 0 aliphatic heterocycles. The van der Waals surface area contributed by atoms with Gasteiger partial charge in [-0.05, 0) is 29.7 Å². The molecule has 0 bridgehead atoms. The van der Waals surface area contributed by atoms with E-state index >= 15 is 0 Å². The van der Waals surface area contributed by atoms with Crippen molar-refractivity contribution in [3.63, 3.8) is 0 Å². The molecule has 15 heavy (non-hydrogen) atoms. The molecule has 0 atom stereocenters. The molecule has 3 nitrogen and oxygen atoms in total. The van der Waals surface area contributed by atoms with E-state index in [0.717, 1.165) is 0 Å². The van der Waals surface area contributed by atoms with E-state index in [1.807, 2.05) is 19.9 Å². The Kier molecular flexibility index (Phi) is 3.38. The molecule has 1 aromatic carbocycles. The first kappa shape index (κ1) is 12.0. The minimum Gasteiger partial charge on any atom is -0.207 e. The van der Waals surface area contributed by atoms with Gasteiger partial charge < -0.3 is 0 Å². The van der Waals surface area contributed by atoms with Crippen LogP contribution in [0.5, 0.6) is 0 Å². The highest BCUT2D eigenvalue weighted by Gasteiger charge is 2.17. The highest BCUT2D eigenvalue weighted by atomic mass is 35.7. The molecule has 5 heteroatoms. The lowest BCUT2D eigenvalue weighted by atomic mass is 10.0. The van der Waals surface area contributed by atoms with Gasteiger partial charge in [-0.1, -0.05) is 13.8 Å². The minimum absolute atomic E-state index is 0.00169. The third-order valence-electron chi connectivity index (χ3n) is 2.02. The van der Waals surface area contributed by atoms with Crippen molar-refractivity contribution >= 4 is 19.7 Å². The van der Waals surface area contributed by atoms with E-state index < -0.39 is 9.05 Å². The molecule has 0 N–H and O–H groups in total. The summed E-state index contributed by atoms with van der Waals surface area (Å²) in [5.74, 6) is 0.00169. The van der Waals surface area contributed by atoms with Crippen LogP contribution < -0.4 is 0 Å². The maximum Gasteiger partial charge on any atom is 0.261 e. The van der Waals surface area contributed by atoms with Crippen molar-refractivity contribution in [2.24, 2.45) is 0 Å². The Bertz CT molecular complexity index is 515. The number of hydrogen-bond donors (Lipinski definition) is 0. The zero-order chi connectivity index (χ0) is 11.6. The highest BCUT2D eigenvalue weighted by Crippen LogP contribution is 2.27. The smallest absolute Gasteiger partial charge is 0.207 e. The summed E-state index contributed by atoms with van der Waals surface area (Å²) in [7, 11) is 1.55. The van der Waals surface area contributed by atoms with Crippen molar-refractivity contribution in [1.29, 1.82) is 5.26 Å². The molecule has 0 aliphatic rings. The Morgan fingerprint density at radius 3 is 2.40 bits per heavy atom. The Morgan fingerprint density at radius 2 is 2.00 bits per heavy atom. The lowest BCUT2D eigenvalue weighted by Gasteiger charge is -2.10. The lowest BCUT2D eigenvalue weighted by molar-refractivity contribution is 0.607. The second-order valence-electron chi connectivity index (χ2n) is 3.46. The topological polar surface area (TPSA) is 57.9 Å². The molecule has 0 aliphatic carbocycles. The van der Waals surface area contributed by atoms with Gasteiger partial charge in [-0.25, -0.2) is 8.42 Å². The molecule has 0 saturated heterocycles. The van der Waals surface area contributed by atoms with Crippen LogP contribution in [0, 0.1) is 11.3 Å². The molecule has 0 fully saturated rings. The third kappa shape index (κ3) is 2.71. The number of rotatable bonds is 2. The summed E-state index contributed by atoms with van der Waals surface area (Å²) in [5.41, 5.74) is 1.01. The van der Waals surface area contributed by atoms with Gasteiger partial charge in [0.15, 0.2) is 0 Å². The zero-order valence-electron chi connectivity index (χ0n) is 8.36. The van der Waals surface area contributed by atoms with Gasteiger partial charge in [-0.15, -0.1) is 0 Å². The van der Waals surface area contributed by atoms with E-state index in [1.165, 1.54) is 12.1 Å². The Balaban J connectivity index is 3.50. The molecule has 80 valence electrons. The van der Waals surface area contributed by atoms with Gasteiger partial charge in [-0.3, -0.25) is 0 Å². The molecular weight excluding hydrogens is 234 g/mol. The second kappa shape index (κ2) is 4.21. The van der Waals surface area contributed by atoms with Crippen LogP contribution in [0.25, 0.3) is 0 Å². The van der Waals surface area contributed by atoms with E-state index in [1.54, 1.807) is 6.07 Å². The zero-order valence-corrected chi connectivity index (χ0v) is 9.93. The van der Waals surface area contributed by atoms with Gasteiger partial charge in [0, 0.05) is 10.7 Å². The summed E-state index contributed by atoms with van der Waals surface area (Å²) in [4.78, 5) is 0.0816. The van der Waals surface area contributed by atoms with Crippen LogP contribution in [0.3, 0.4) is 0 Å². The van der Waals surface area contributed by atoms with Crippen LogP contribution in [0.4, 0.5) is 0 Å². The predicted octanol–water partition coefficient (Wildman–Crippen LogP) is 2.61. The van der Waals surface area contributed by atoms with Crippen LogP contribution in [-0.4, -0.2) is 8.42 Å². The van der Waals surface area contributed by atoms with Gasteiger partial charge in [0.2, 0.25) is 0 Å². The molecular formula is C10H10ClNO2S. The van der Waals surface area contributed by atoms with Crippen molar-refractivity contribution in [3.05, 3.63) is 29.3 Å². The number of nitrogens with zero attached hydrogens (tertiary/aromatic N) is 1. The first-order chi connectivity index (χ1) is 6.86. The molecule has 0 radical (unpaired) electrons. The highest BCUT2D eigenvalue weighted by molar-refractivity contribution is 8.13. The summed E-state index contributed by atoms with van der Waals surface area (Å²) in [6.07, 6.45) is 0. The molecule has 1 rings (SSSR count). The maximum atomic E-state index is 11.2. The lowest BCUT2D eigenvalue weighted by Crippen LogP contribution is -2.00. The van der Waals surface area contributed by atoms with Gasteiger partial charge in [0.05, 0.1) is 16.5 Å². The molecule has 0 saturated carbocycles. The first-order valence-electron chi connectivity index (χ1n) is 4.35. The molecule has 1 aromatic rings. The largest absolute Gasteiger partial charge is 0.261 e. The number of hydrogen-bond acceptors (Lipinski definition) is 3. The number of nitriles is 1. The van der Waals surface area contributed by atoms with E-state index in [2.05, 4.69) is 0 Å². The average molecular weight is 244 g/mol. The Hall–Kier alpha value is -1.05. The summed E-state index contributed by atoms with van der Waals surface area (Å²) < 4.78 is 22.5. The van der Waals surface area contributed by atoms with E-state index in [9.17, 15) is 8.42 Å². The standard InChI is InChI=1S/C10H10ClNO2S/c1-7(2)9-5-8(6-12)3-4-10(9)15(11,13)14/h3-5,7H,1-2H3. The van der Waals surface area contributed by atoms with Crippen LogP contribution in [0.15, 0.2) is 23.1 Å². The van der Waals surface area contributed by atoms with E-state index in [0.29, 0.717) is 11.1 Å². The normalized spacial score (nSPS) is 11.4. The van der Waals surface area contributed by atoms with Gasteiger partial charge >= 0.3 is 0 Å². The monoisotopic (exact) mass is 243 g/mol. The van der Waals surface area contributed by atoms with Gasteiger partial charge in [-0.2, -0.15) is 5.26 Å². The quantitative estimate of drug-likeness (QED) is 0.751. The summed E-state index contributed by atoms with van der Waals surface area (Å²) in [5, 5.41) is 8.71. The van der Waals surface area contributed by atoms with Crippen LogP contribution >= 0.6 is 10.7 Å². The van der Waals surface area contributed by atoms with Crippen molar-refractivity contribution in [2.45, 2.75) is 24.7 Å². The Labute approximate surface area is 93.7 Å². The number of halogens is 1. The Morgan fingerprint density at radius 1 is 1.40 bits per heavy atom. The molecule has 0 unspecified atom stereocenters. The molecule has 0 amide bonds. The summed E-state index contributed by atoms with van der Waals surface area (Å²) in [6, 6.07) is 6.34. The van der Waals surface area contributed by atoms with Crippen LogP contribution in [0.1, 0.15) is 30.9 Å². The minimum atomic E-state index is -3.74. The summed E-state index contributed by atoms with van der Waals surface area (Å²) in [6.45, 7) is 3.70. The van der Waals surface area contributed by atoms with Gasteiger partial charge in [0.1, 0.15) is 0 Å². The van der Waals surface area contributed by atoms with Crippen LogP contribution in [-0.2, 0) is 9.05 Å². The van der Waals surface area contributed by atoms with E-state index in [-0.39, 0.29) is 10.8 Å². The van der Waals surface area contributed by atoms with Crippen LogP contribution in [0.2, 0.25) is 0 Å². The number of benzene rings is 1. The first-order valence-corrected chi connectivity index (χ1v) is 6.66. The molecule has 0 aromatic heterocycles. The van der Waals surface area contributed by atoms with Crippen molar-refractivity contribution in [1.82, 2.24) is 0 Å². The van der Waals surface area contributed by atoms with Crippen molar-refractivity contribution in [2.75, 3.05) is 0 Å². The maximum absolute atomic E-state index is 11.2. The van der Waals surface area contributed by atoms with Crippen molar-refractivity contribution < 1.29 is 8.42 Å². The molecule has 0 heterocycles.